The molecule has 0 fully saturated rings. The Morgan fingerprint density at radius 3 is 2.50 bits per heavy atom. The van der Waals surface area contributed by atoms with Crippen LogP contribution >= 0.6 is 0 Å². The average molecular weight is 472 g/mol. The summed E-state index contributed by atoms with van der Waals surface area (Å²) in [5.74, 6) is 0.577. The van der Waals surface area contributed by atoms with Crippen molar-refractivity contribution in [1.29, 1.82) is 0 Å². The van der Waals surface area contributed by atoms with Crippen molar-refractivity contribution in [3.05, 3.63) is 101 Å². The second-order valence-corrected chi connectivity index (χ2v) is 9.44. The summed E-state index contributed by atoms with van der Waals surface area (Å²) in [6.07, 6.45) is 4.72. The molecular formula is C31H25N3O2. The van der Waals surface area contributed by atoms with Crippen LogP contribution in [0.15, 0.2) is 94.1 Å². The first-order chi connectivity index (χ1) is 17.7. The largest absolute Gasteiger partial charge is 0.454 e. The lowest BCUT2D eigenvalue weighted by atomic mass is 10.0. The number of unbranched alkanes of at least 4 members (excludes halogenated alkanes) is 2. The van der Waals surface area contributed by atoms with Gasteiger partial charge in [0.25, 0.3) is 5.56 Å². The van der Waals surface area contributed by atoms with Gasteiger partial charge in [-0.05, 0) is 60.9 Å². The molecule has 3 heterocycles. The second kappa shape index (κ2) is 8.09. The van der Waals surface area contributed by atoms with Crippen molar-refractivity contribution in [3.8, 4) is 5.69 Å². The summed E-state index contributed by atoms with van der Waals surface area (Å²) in [4.78, 5) is 18.5. The van der Waals surface area contributed by atoms with E-state index < -0.39 is 0 Å². The average Bonchev–Trinajstić information content (AvgIpc) is 3.44. The minimum Gasteiger partial charge on any atom is -0.454 e. The van der Waals surface area contributed by atoms with Gasteiger partial charge in [0.1, 0.15) is 5.58 Å². The van der Waals surface area contributed by atoms with E-state index >= 15 is 0 Å². The zero-order chi connectivity index (χ0) is 24.2. The van der Waals surface area contributed by atoms with Crippen LogP contribution in [0.5, 0.6) is 0 Å². The number of para-hydroxylation sites is 4. The van der Waals surface area contributed by atoms with Crippen molar-refractivity contribution in [3.63, 3.8) is 0 Å². The molecule has 7 rings (SSSR count). The molecule has 7 aromatic rings. The Bertz CT molecular complexity index is 1990. The summed E-state index contributed by atoms with van der Waals surface area (Å²) in [6, 6.07) is 28.2. The molecular weight excluding hydrogens is 446 g/mol. The molecule has 176 valence electrons. The van der Waals surface area contributed by atoms with Gasteiger partial charge < -0.3 is 4.42 Å². The van der Waals surface area contributed by atoms with Gasteiger partial charge in [-0.25, -0.2) is 9.38 Å². The maximum atomic E-state index is 13.6. The third-order valence-corrected chi connectivity index (χ3v) is 7.17. The molecule has 5 nitrogen and oxygen atoms in total. The Balaban J connectivity index is 1.55. The number of hydrogen-bond acceptors (Lipinski definition) is 3. The number of hydrogen-bond donors (Lipinski definition) is 0. The highest BCUT2D eigenvalue weighted by molar-refractivity contribution is 6.08. The van der Waals surface area contributed by atoms with Gasteiger partial charge in [-0.1, -0.05) is 62.2 Å². The van der Waals surface area contributed by atoms with Crippen molar-refractivity contribution in [1.82, 2.24) is 14.0 Å². The number of fused-ring (bicyclic) bond motifs is 7. The maximum Gasteiger partial charge on any atom is 0.267 e. The summed E-state index contributed by atoms with van der Waals surface area (Å²) in [5, 5.41) is 2.80. The lowest BCUT2D eigenvalue weighted by molar-refractivity contribution is 0.665. The Morgan fingerprint density at radius 2 is 1.61 bits per heavy atom. The monoisotopic (exact) mass is 471 g/mol. The number of benzene rings is 4. The predicted molar refractivity (Wildman–Crippen MR) is 146 cm³/mol. The van der Waals surface area contributed by atoms with E-state index in [9.17, 15) is 4.79 Å². The number of imidazole rings is 1. The molecule has 0 aliphatic carbocycles. The molecule has 0 unspecified atom stereocenters. The zero-order valence-corrected chi connectivity index (χ0v) is 20.1. The van der Waals surface area contributed by atoms with Gasteiger partial charge in [-0.15, -0.1) is 0 Å². The van der Waals surface area contributed by atoms with Crippen LogP contribution in [0.4, 0.5) is 0 Å². The van der Waals surface area contributed by atoms with Gasteiger partial charge in [0.2, 0.25) is 5.78 Å². The Kier molecular flexibility index (Phi) is 4.71. The number of aromatic nitrogens is 3. The van der Waals surface area contributed by atoms with E-state index in [2.05, 4.69) is 41.8 Å². The van der Waals surface area contributed by atoms with Gasteiger partial charge >= 0.3 is 0 Å². The van der Waals surface area contributed by atoms with Crippen molar-refractivity contribution in [2.75, 3.05) is 0 Å². The fourth-order valence-corrected chi connectivity index (χ4v) is 5.42. The second-order valence-electron chi connectivity index (χ2n) is 9.44. The Morgan fingerprint density at radius 1 is 0.806 bits per heavy atom. The molecule has 36 heavy (non-hydrogen) atoms. The minimum absolute atomic E-state index is 0.0703. The molecule has 5 heteroatoms. The van der Waals surface area contributed by atoms with Crippen LogP contribution in [0.1, 0.15) is 31.7 Å². The van der Waals surface area contributed by atoms with Gasteiger partial charge in [0.05, 0.1) is 27.6 Å². The highest BCUT2D eigenvalue weighted by Crippen LogP contribution is 2.35. The van der Waals surface area contributed by atoms with E-state index in [-0.39, 0.29) is 5.56 Å². The third-order valence-electron chi connectivity index (χ3n) is 7.17. The first-order valence-electron chi connectivity index (χ1n) is 12.6. The molecule has 0 N–H and O–H groups in total. The molecule has 0 aliphatic rings. The van der Waals surface area contributed by atoms with E-state index in [0.717, 1.165) is 45.1 Å². The van der Waals surface area contributed by atoms with E-state index in [1.165, 1.54) is 24.8 Å². The summed E-state index contributed by atoms with van der Waals surface area (Å²) >= 11 is 0. The van der Waals surface area contributed by atoms with Crippen molar-refractivity contribution in [2.24, 2.45) is 0 Å². The summed E-state index contributed by atoms with van der Waals surface area (Å²) < 4.78 is 10.2. The van der Waals surface area contributed by atoms with Crippen LogP contribution < -0.4 is 5.56 Å². The summed E-state index contributed by atoms with van der Waals surface area (Å²) in [5.41, 5.74) is 6.21. The smallest absolute Gasteiger partial charge is 0.267 e. The van der Waals surface area contributed by atoms with Gasteiger partial charge in [-0.3, -0.25) is 9.36 Å². The summed E-state index contributed by atoms with van der Waals surface area (Å²) in [7, 11) is 0. The van der Waals surface area contributed by atoms with Crippen LogP contribution in [-0.4, -0.2) is 14.0 Å². The van der Waals surface area contributed by atoms with E-state index in [1.807, 2.05) is 54.6 Å². The lowest BCUT2D eigenvalue weighted by Crippen LogP contribution is -2.15. The number of rotatable bonds is 5. The van der Waals surface area contributed by atoms with Crippen molar-refractivity contribution in [2.45, 2.75) is 32.6 Å². The molecule has 0 radical (unpaired) electrons. The molecule has 0 spiro atoms. The topological polar surface area (TPSA) is 52.4 Å². The van der Waals surface area contributed by atoms with Gasteiger partial charge in [-0.2, -0.15) is 0 Å². The minimum atomic E-state index is -0.0703. The van der Waals surface area contributed by atoms with Crippen molar-refractivity contribution < 1.29 is 4.42 Å². The molecule has 0 aliphatic heterocycles. The number of furan rings is 1. The molecule has 0 saturated carbocycles. The van der Waals surface area contributed by atoms with Crippen LogP contribution in [-0.2, 0) is 6.42 Å². The van der Waals surface area contributed by atoms with E-state index in [1.54, 1.807) is 4.40 Å². The molecule has 3 aromatic heterocycles. The zero-order valence-electron chi connectivity index (χ0n) is 20.1. The third kappa shape index (κ3) is 3.02. The first-order valence-corrected chi connectivity index (χ1v) is 12.6. The number of nitrogens with zero attached hydrogens (tertiary/aromatic N) is 3. The quantitative estimate of drug-likeness (QED) is 0.245. The normalized spacial score (nSPS) is 12.0. The van der Waals surface area contributed by atoms with E-state index in [0.29, 0.717) is 16.7 Å². The van der Waals surface area contributed by atoms with Crippen LogP contribution in [0, 0.1) is 0 Å². The van der Waals surface area contributed by atoms with E-state index in [4.69, 9.17) is 9.40 Å². The standard InChI is InChI=1S/C31H25N3O2/c1-2-3-4-10-20-17-18-28-23(19-20)21-12-9-16-27(29(21)36-28)33-25-14-7-8-15-26(25)34-30(35)22-11-5-6-13-24(22)32-31(33)34/h5-9,11-19H,2-4,10H2,1H3. The maximum absolute atomic E-state index is 13.6. The Hall–Kier alpha value is -4.38. The molecule has 0 atom stereocenters. The van der Waals surface area contributed by atoms with Crippen LogP contribution in [0.2, 0.25) is 0 Å². The fraction of sp³-hybridized carbons (Fsp3) is 0.161. The highest BCUT2D eigenvalue weighted by Gasteiger charge is 2.20. The van der Waals surface area contributed by atoms with Crippen LogP contribution in [0.25, 0.3) is 55.3 Å². The fourth-order valence-electron chi connectivity index (χ4n) is 5.42. The Labute approximate surface area is 207 Å². The van der Waals surface area contributed by atoms with Gasteiger partial charge in [0.15, 0.2) is 5.58 Å². The molecule has 4 aromatic carbocycles. The number of aryl methyl sites for hydroxylation is 1. The van der Waals surface area contributed by atoms with Gasteiger partial charge in [0, 0.05) is 10.8 Å². The first kappa shape index (κ1) is 20.9. The summed E-state index contributed by atoms with van der Waals surface area (Å²) in [6.45, 7) is 2.23. The molecule has 0 saturated heterocycles. The molecule has 0 bridgehead atoms. The lowest BCUT2D eigenvalue weighted by Gasteiger charge is -2.07. The van der Waals surface area contributed by atoms with Crippen LogP contribution in [0.3, 0.4) is 0 Å². The SMILES string of the molecule is CCCCCc1ccc2oc3c(-n4c5ccccc5n5c(=O)c6ccccc6nc45)cccc3c2c1. The molecule has 0 amide bonds. The highest BCUT2D eigenvalue weighted by atomic mass is 16.3. The van der Waals surface area contributed by atoms with Crippen molar-refractivity contribution >= 4 is 49.7 Å². The predicted octanol–water partition coefficient (Wildman–Crippen LogP) is 7.42.